The van der Waals surface area contributed by atoms with E-state index in [9.17, 15) is 58.2 Å². The van der Waals surface area contributed by atoms with Crippen LogP contribution in [-0.2, 0) is 51.2 Å². The van der Waals surface area contributed by atoms with Crippen molar-refractivity contribution in [1.29, 1.82) is 0 Å². The highest BCUT2D eigenvalue weighted by atomic mass is 31.2. The fourth-order valence-corrected chi connectivity index (χ4v) is 9.53. The van der Waals surface area contributed by atoms with Gasteiger partial charge < -0.3 is 68.2 Å². The van der Waals surface area contributed by atoms with Crippen molar-refractivity contribution in [2.45, 2.75) is 194 Å². The van der Waals surface area contributed by atoms with Crippen LogP contribution in [0, 0.1) is 0 Å². The number of carbonyl (C=O) groups is 5. The molecule has 0 aliphatic carbocycles. The maximum Gasteiger partial charge on any atom is 0.267 e. The first-order chi connectivity index (χ1) is 35.0. The zero-order valence-corrected chi connectivity index (χ0v) is 46.5. The molecule has 2 unspecified atom stereocenters. The number of amides is 2. The lowest BCUT2D eigenvalue weighted by molar-refractivity contribution is -0.308. The molecule has 0 aliphatic heterocycles. The summed E-state index contributed by atoms with van der Waals surface area (Å²) in [4.78, 5) is 87.7. The first-order valence-corrected chi connectivity index (χ1v) is 30.4. The van der Waals surface area contributed by atoms with E-state index in [1.807, 2.05) is 0 Å². The lowest BCUT2D eigenvalue weighted by Crippen LogP contribution is -2.50. The molecule has 0 aromatic carbocycles. The number of carboxylic acids is 3. The average molecular weight is 1080 g/mol. The standard InChI is InChI=1S/C50H99N5O16P2/c1-3-5-7-9-11-13-15-17-19-21-23-25-27-29-37-68-72(64,65)70-39-31-51-46(56)41-54(44-49(60)61)35-33-53(43-48(58)59)34-36-55(45-50(62)63)42-47(57)52-32-40-71-73(66,67)69-38-30-28-26-24-22-20-18-16-14-12-10-8-6-4-2/h3-45H2,1-2H3,(H,51,56)(H,52,57)(H,58,59)(H,60,61)(H,62,63)(H,64,65)(H,66,67)/p-5. The Labute approximate surface area is 437 Å². The van der Waals surface area contributed by atoms with Gasteiger partial charge in [-0.3, -0.25) is 33.4 Å². The summed E-state index contributed by atoms with van der Waals surface area (Å²) in [6.45, 7) is -0.716. The Morgan fingerprint density at radius 2 is 0.589 bits per heavy atom. The van der Waals surface area contributed by atoms with Crippen LogP contribution in [0.5, 0.6) is 0 Å². The second-order valence-corrected chi connectivity index (χ2v) is 21.8. The molecule has 0 saturated carbocycles. The molecule has 0 aromatic rings. The van der Waals surface area contributed by atoms with Crippen LogP contribution in [0.4, 0.5) is 0 Å². The van der Waals surface area contributed by atoms with Gasteiger partial charge in [0.15, 0.2) is 0 Å². The quantitative estimate of drug-likeness (QED) is 0.0652. The van der Waals surface area contributed by atoms with Crippen LogP contribution in [0.2, 0.25) is 0 Å². The number of phosphoric ester groups is 2. The summed E-state index contributed by atoms with van der Waals surface area (Å²) in [5.41, 5.74) is 0. The number of unbranched alkanes of at least 4 members (excludes halogenated alkanes) is 26. The molecule has 2 atom stereocenters. The van der Waals surface area contributed by atoms with Crippen molar-refractivity contribution in [3.05, 3.63) is 0 Å². The summed E-state index contributed by atoms with van der Waals surface area (Å²) in [7, 11) is -9.24. The summed E-state index contributed by atoms with van der Waals surface area (Å²) < 4.78 is 43.9. The van der Waals surface area contributed by atoms with Crippen LogP contribution < -0.4 is 35.7 Å². The number of nitrogens with zero attached hydrogens (tertiary/aromatic N) is 3. The van der Waals surface area contributed by atoms with Gasteiger partial charge in [0.1, 0.15) is 0 Å². The van der Waals surface area contributed by atoms with Crippen LogP contribution in [0.15, 0.2) is 0 Å². The zero-order chi connectivity index (χ0) is 54.3. The highest BCUT2D eigenvalue weighted by molar-refractivity contribution is 7.46. The molecule has 0 rings (SSSR count). The third-order valence-electron chi connectivity index (χ3n) is 12.1. The fraction of sp³-hybridized carbons (Fsp3) is 0.900. The van der Waals surface area contributed by atoms with Crippen molar-refractivity contribution >= 4 is 45.4 Å². The predicted octanol–water partition coefficient (Wildman–Crippen LogP) is 3.34. The van der Waals surface area contributed by atoms with Crippen molar-refractivity contribution in [1.82, 2.24) is 25.3 Å². The number of aliphatic carboxylic acids is 3. The number of nitrogens with one attached hydrogen (secondary N) is 2. The van der Waals surface area contributed by atoms with E-state index in [1.165, 1.54) is 120 Å². The Morgan fingerprint density at radius 1 is 0.356 bits per heavy atom. The van der Waals surface area contributed by atoms with E-state index in [2.05, 4.69) is 24.5 Å². The minimum Gasteiger partial charge on any atom is -0.756 e. The van der Waals surface area contributed by atoms with E-state index in [0.29, 0.717) is 12.8 Å². The number of carbonyl (C=O) groups excluding carboxylic acids is 5. The van der Waals surface area contributed by atoms with Crippen molar-refractivity contribution in [2.75, 3.05) is 98.4 Å². The van der Waals surface area contributed by atoms with Gasteiger partial charge in [0, 0.05) is 58.9 Å². The molecule has 23 heteroatoms. The van der Waals surface area contributed by atoms with E-state index in [1.54, 1.807) is 0 Å². The Hall–Kier alpha value is -2.55. The van der Waals surface area contributed by atoms with Gasteiger partial charge in [-0.25, -0.2) is 0 Å². The maximum absolute atomic E-state index is 12.6. The van der Waals surface area contributed by atoms with Gasteiger partial charge in [-0.15, -0.1) is 0 Å². The summed E-state index contributed by atoms with van der Waals surface area (Å²) in [6, 6.07) is 0. The normalized spacial score (nSPS) is 13.4. The van der Waals surface area contributed by atoms with E-state index in [0.717, 1.165) is 61.2 Å². The molecule has 0 aromatic heterocycles. The van der Waals surface area contributed by atoms with Gasteiger partial charge in [0.25, 0.3) is 15.6 Å². The minimum absolute atomic E-state index is 0.0233. The third-order valence-corrected chi connectivity index (χ3v) is 14.1. The van der Waals surface area contributed by atoms with Gasteiger partial charge in [-0.2, -0.15) is 0 Å². The molecule has 0 fully saturated rings. The number of carboxylic acid groups (broad SMARTS) is 3. The smallest absolute Gasteiger partial charge is 0.267 e. The van der Waals surface area contributed by atoms with Gasteiger partial charge in [0.05, 0.1) is 57.4 Å². The first kappa shape index (κ1) is 70.5. The lowest BCUT2D eigenvalue weighted by Gasteiger charge is -2.30. The van der Waals surface area contributed by atoms with Crippen molar-refractivity contribution in [3.63, 3.8) is 0 Å². The molecule has 430 valence electrons. The Bertz CT molecular complexity index is 1420. The van der Waals surface area contributed by atoms with E-state index < -0.39 is 91.3 Å². The van der Waals surface area contributed by atoms with Crippen LogP contribution in [0.3, 0.4) is 0 Å². The first-order valence-electron chi connectivity index (χ1n) is 27.5. The van der Waals surface area contributed by atoms with E-state index in [-0.39, 0.29) is 52.5 Å². The second-order valence-electron chi connectivity index (χ2n) is 18.9. The molecule has 0 bridgehead atoms. The van der Waals surface area contributed by atoms with Crippen LogP contribution in [0.1, 0.15) is 194 Å². The lowest BCUT2D eigenvalue weighted by atomic mass is 10.0. The molecule has 0 spiro atoms. The molecule has 2 N–H and O–H groups in total. The molecule has 21 nitrogen and oxygen atoms in total. The number of hydrogen-bond donors (Lipinski definition) is 2. The van der Waals surface area contributed by atoms with Crippen molar-refractivity contribution in [2.24, 2.45) is 0 Å². The Balaban J connectivity index is 4.55. The molecular weight excluding hydrogens is 989 g/mol. The minimum atomic E-state index is -4.62. The third kappa shape index (κ3) is 50.1. The fourth-order valence-electron chi connectivity index (χ4n) is 8.05. The molecule has 73 heavy (non-hydrogen) atoms. The number of hydrogen-bond acceptors (Lipinski definition) is 19. The largest absolute Gasteiger partial charge is 0.756 e. The van der Waals surface area contributed by atoms with Crippen LogP contribution >= 0.6 is 15.6 Å². The highest BCUT2D eigenvalue weighted by Crippen LogP contribution is 2.39. The Kier molecular flexibility index (Phi) is 46.2. The topological polar surface area (TPSA) is 305 Å². The monoisotopic (exact) mass is 1080 g/mol. The average Bonchev–Trinajstić information content (AvgIpc) is 3.32. The summed E-state index contributed by atoms with van der Waals surface area (Å²) in [5, 5.41) is 39.4. The van der Waals surface area contributed by atoms with E-state index >= 15 is 0 Å². The molecule has 0 aliphatic rings. The molecular formula is C50H94N5O16P2-5. The van der Waals surface area contributed by atoms with Gasteiger partial charge in [0.2, 0.25) is 11.8 Å². The number of phosphoric acid groups is 2. The Morgan fingerprint density at radius 3 is 0.863 bits per heavy atom. The molecule has 0 heterocycles. The zero-order valence-electron chi connectivity index (χ0n) is 44.7. The van der Waals surface area contributed by atoms with Gasteiger partial charge in [-0.05, 0) is 12.8 Å². The second kappa shape index (κ2) is 47.9. The summed E-state index contributed by atoms with van der Waals surface area (Å²) in [5.74, 6) is -5.96. The summed E-state index contributed by atoms with van der Waals surface area (Å²) >= 11 is 0. The number of rotatable bonds is 56. The van der Waals surface area contributed by atoms with Crippen molar-refractivity contribution in [3.8, 4) is 0 Å². The van der Waals surface area contributed by atoms with Gasteiger partial charge >= 0.3 is 0 Å². The van der Waals surface area contributed by atoms with Crippen LogP contribution in [0.25, 0.3) is 0 Å². The maximum atomic E-state index is 12.6. The van der Waals surface area contributed by atoms with E-state index in [4.69, 9.17) is 18.1 Å². The molecule has 2 amide bonds. The highest BCUT2D eigenvalue weighted by Gasteiger charge is 2.18. The predicted molar refractivity (Wildman–Crippen MR) is 270 cm³/mol. The molecule has 0 saturated heterocycles. The van der Waals surface area contributed by atoms with Crippen LogP contribution in [-0.4, -0.2) is 143 Å². The van der Waals surface area contributed by atoms with Gasteiger partial charge in [-0.1, -0.05) is 181 Å². The summed E-state index contributed by atoms with van der Waals surface area (Å²) in [6.07, 6.45) is 32.4. The van der Waals surface area contributed by atoms with Crippen molar-refractivity contribution < 1.29 is 76.3 Å². The molecule has 0 radical (unpaired) electrons. The SMILES string of the molecule is CCCCCCCCCCCCCCCCOP(=O)([O-])OCCNC(=O)CN(CCN(CCN(CC(=O)[O-])CC(=O)NCCOP(=O)([O-])OCCCCCCCCCCCCCCCC)CC(=O)[O-])CC(=O)[O-].